The molecule has 0 N–H and O–H groups in total. The van der Waals surface area contributed by atoms with E-state index in [0.717, 1.165) is 100 Å². The van der Waals surface area contributed by atoms with Crippen molar-refractivity contribution in [2.75, 3.05) is 9.80 Å². The third-order valence-corrected chi connectivity index (χ3v) is 19.9. The molecule has 0 amide bonds. The molecule has 0 atom stereocenters. The molecule has 0 radical (unpaired) electrons. The van der Waals surface area contributed by atoms with Gasteiger partial charge in [-0.25, -0.2) is 8.78 Å². The normalized spacial score (nSPS) is 13.2. The van der Waals surface area contributed by atoms with Crippen LogP contribution in [0, 0.1) is 11.6 Å². The molecule has 13 rings (SSSR count). The lowest BCUT2D eigenvalue weighted by Crippen LogP contribution is -2.37. The first-order valence-electron chi connectivity index (χ1n) is 26.5. The maximum atomic E-state index is 15.8. The molecule has 8 heteroatoms. The van der Waals surface area contributed by atoms with Gasteiger partial charge >= 0.3 is 0 Å². The van der Waals surface area contributed by atoms with Gasteiger partial charge in [-0.15, -0.1) is 0 Å². The Hall–Kier alpha value is -8.31. The van der Waals surface area contributed by atoms with Crippen LogP contribution in [-0.4, -0.2) is 16.1 Å². The highest BCUT2D eigenvalue weighted by Crippen LogP contribution is 2.53. The van der Waals surface area contributed by atoms with Crippen molar-refractivity contribution in [1.29, 1.82) is 0 Å². The number of hydrogen-bond acceptors (Lipinski definition) is 4. The lowest BCUT2D eigenvalue weighted by Gasteiger charge is -2.30. The van der Waals surface area contributed by atoms with Gasteiger partial charge in [-0.1, -0.05) is 187 Å². The molecule has 4 nitrogen and oxygen atoms in total. The standard InChI is InChI=1S/C69H58F2N2O2Si2/c1-69(2)59-29-11-9-23-51(59)49-37-35-47(72(45-21-13-19-43(70)39-45)61-31-15-25-53-55-27-17-33-63(76(3,4)5)67(55)74-65(53)61)41-57(49)58-42-48(36-38-50(58)52-24-10-12-30-60(52)69)73(46-22-14-20-44(71)40-46)62-32-16-26-54-56-28-18-34-64(77(6,7)8)68(56)75-66(54)62/h9-42H,1-8H3. The topological polar surface area (TPSA) is 32.8 Å². The maximum absolute atomic E-state index is 15.8. The highest BCUT2D eigenvalue weighted by molar-refractivity contribution is 6.90. The fraction of sp³-hybridized carbons (Fsp3) is 0.130. The summed E-state index contributed by atoms with van der Waals surface area (Å²) < 4.78 is 45.8. The minimum absolute atomic E-state index is 0.343. The van der Waals surface area contributed by atoms with Crippen LogP contribution in [0.15, 0.2) is 215 Å². The predicted octanol–water partition coefficient (Wildman–Crippen LogP) is 19.4. The van der Waals surface area contributed by atoms with Gasteiger partial charge in [-0.2, -0.15) is 0 Å². The van der Waals surface area contributed by atoms with E-state index in [4.69, 9.17) is 8.83 Å². The van der Waals surface area contributed by atoms with E-state index >= 15 is 8.78 Å². The molecule has 378 valence electrons. The molecule has 0 unspecified atom stereocenters. The van der Waals surface area contributed by atoms with Crippen LogP contribution in [0.5, 0.6) is 0 Å². The van der Waals surface area contributed by atoms with Crippen LogP contribution in [0.4, 0.5) is 42.9 Å². The summed E-state index contributed by atoms with van der Waals surface area (Å²) in [4.78, 5) is 4.27. The van der Waals surface area contributed by atoms with Crippen LogP contribution >= 0.6 is 0 Å². The van der Waals surface area contributed by atoms with E-state index in [1.54, 1.807) is 24.3 Å². The van der Waals surface area contributed by atoms with E-state index in [-0.39, 0.29) is 11.6 Å². The largest absolute Gasteiger partial charge is 0.454 e. The third-order valence-electron chi connectivity index (χ3n) is 15.8. The van der Waals surface area contributed by atoms with Gasteiger partial charge in [0, 0.05) is 49.7 Å². The zero-order valence-corrected chi connectivity index (χ0v) is 46.6. The summed E-state index contributed by atoms with van der Waals surface area (Å²) in [5, 5.41) is 6.62. The number of furan rings is 2. The SMILES string of the molecule is CC1(C)c2ccccc2-c2ccc(N(c3cccc(F)c3)c3cccc4c3oc3c([Si](C)(C)C)cccc34)cc2-c2cc(N(c3cccc(F)c3)c3cccc4c3oc3c([Si](C)(C)C)cccc34)ccc2-c2ccccc21. The number of fused-ring (bicyclic) bond motifs is 13. The Labute approximate surface area is 450 Å². The van der Waals surface area contributed by atoms with Gasteiger partial charge in [-0.3, -0.25) is 0 Å². The molecule has 10 aromatic carbocycles. The van der Waals surface area contributed by atoms with Gasteiger partial charge < -0.3 is 18.6 Å². The molecule has 0 fully saturated rings. The molecule has 2 aromatic heterocycles. The molecule has 0 saturated carbocycles. The molecule has 12 aromatic rings. The Morgan fingerprint density at radius 1 is 0.338 bits per heavy atom. The monoisotopic (exact) mass is 1040 g/mol. The van der Waals surface area contributed by atoms with E-state index in [1.165, 1.54) is 33.6 Å². The summed E-state index contributed by atoms with van der Waals surface area (Å²) in [5.74, 6) is -0.686. The molecular weight excluding hydrogens is 983 g/mol. The number of anilines is 6. The molecule has 0 bridgehead atoms. The lowest BCUT2D eigenvalue weighted by molar-refractivity contribution is 0.627. The van der Waals surface area contributed by atoms with Gasteiger partial charge in [0.15, 0.2) is 11.2 Å². The van der Waals surface area contributed by atoms with E-state index in [0.29, 0.717) is 11.4 Å². The first-order valence-corrected chi connectivity index (χ1v) is 33.5. The molecule has 0 spiro atoms. The number of halogens is 2. The first kappa shape index (κ1) is 48.3. The van der Waals surface area contributed by atoms with E-state index in [1.807, 2.05) is 12.1 Å². The van der Waals surface area contributed by atoms with Gasteiger partial charge in [0.2, 0.25) is 0 Å². The van der Waals surface area contributed by atoms with Crippen molar-refractivity contribution in [2.45, 2.75) is 58.5 Å². The van der Waals surface area contributed by atoms with Gasteiger partial charge in [0.05, 0.1) is 27.5 Å². The smallest absolute Gasteiger partial charge is 0.159 e. The number of hydrogen-bond donors (Lipinski definition) is 0. The number of benzene rings is 10. The average Bonchev–Trinajstić information content (AvgIpc) is 4.21. The van der Waals surface area contributed by atoms with Crippen LogP contribution in [0.3, 0.4) is 0 Å². The summed E-state index contributed by atoms with van der Waals surface area (Å²) in [7, 11) is -3.68. The first-order chi connectivity index (χ1) is 37.0. The summed E-state index contributed by atoms with van der Waals surface area (Å²) in [6, 6.07) is 70.0. The average molecular weight is 1040 g/mol. The molecule has 0 saturated heterocycles. The zero-order valence-electron chi connectivity index (χ0n) is 44.6. The quantitative estimate of drug-likeness (QED) is 0.142. The van der Waals surface area contributed by atoms with Gasteiger partial charge in [0.25, 0.3) is 0 Å². The van der Waals surface area contributed by atoms with Crippen LogP contribution in [0.1, 0.15) is 25.0 Å². The van der Waals surface area contributed by atoms with Crippen molar-refractivity contribution in [3.05, 3.63) is 229 Å². The van der Waals surface area contributed by atoms with Crippen molar-refractivity contribution in [3.63, 3.8) is 0 Å². The second kappa shape index (κ2) is 17.9. The fourth-order valence-corrected chi connectivity index (χ4v) is 15.1. The van der Waals surface area contributed by atoms with E-state index < -0.39 is 21.6 Å². The highest BCUT2D eigenvalue weighted by Gasteiger charge is 2.34. The second-order valence-electron chi connectivity index (χ2n) is 23.2. The molecule has 77 heavy (non-hydrogen) atoms. The van der Waals surface area contributed by atoms with Crippen LogP contribution < -0.4 is 20.2 Å². The van der Waals surface area contributed by atoms with Crippen LogP contribution in [0.25, 0.3) is 77.3 Å². The Bertz CT molecular complexity index is 4070. The molecule has 1 aliphatic carbocycles. The number of nitrogens with zero attached hydrogens (tertiary/aromatic N) is 2. The van der Waals surface area contributed by atoms with E-state index in [9.17, 15) is 0 Å². The summed E-state index contributed by atoms with van der Waals surface area (Å²) >= 11 is 0. The minimum Gasteiger partial charge on any atom is -0.454 e. The zero-order chi connectivity index (χ0) is 53.1. The Balaban J connectivity index is 1.12. The number of para-hydroxylation sites is 4. The van der Waals surface area contributed by atoms with Crippen molar-refractivity contribution >= 4 is 105 Å². The minimum atomic E-state index is -1.84. The Morgan fingerprint density at radius 3 is 1.10 bits per heavy atom. The van der Waals surface area contributed by atoms with Gasteiger partial charge in [-0.05, 0) is 128 Å². The molecule has 0 aliphatic heterocycles. The summed E-state index contributed by atoms with van der Waals surface area (Å²) in [6.07, 6.45) is 0. The van der Waals surface area contributed by atoms with Crippen molar-refractivity contribution in [2.24, 2.45) is 0 Å². The Kier molecular flexibility index (Phi) is 11.2. The van der Waals surface area contributed by atoms with Crippen LogP contribution in [0.2, 0.25) is 39.3 Å². The molecule has 1 aliphatic rings. The Morgan fingerprint density at radius 2 is 0.701 bits per heavy atom. The predicted molar refractivity (Wildman–Crippen MR) is 325 cm³/mol. The molecular formula is C69H58F2N2O2Si2. The highest BCUT2D eigenvalue weighted by atomic mass is 28.3. The van der Waals surface area contributed by atoms with Crippen molar-refractivity contribution < 1.29 is 17.6 Å². The van der Waals surface area contributed by atoms with Gasteiger partial charge in [0.1, 0.15) is 22.8 Å². The fourth-order valence-electron chi connectivity index (χ4n) is 12.2. The third kappa shape index (κ3) is 7.95. The second-order valence-corrected chi connectivity index (χ2v) is 33.3. The maximum Gasteiger partial charge on any atom is 0.159 e. The van der Waals surface area contributed by atoms with Crippen molar-refractivity contribution in [1.82, 2.24) is 0 Å². The summed E-state index contributed by atoms with van der Waals surface area (Å²) in [6.45, 7) is 18.7. The lowest BCUT2D eigenvalue weighted by atomic mass is 9.73. The molecule has 2 heterocycles. The van der Waals surface area contributed by atoms with Crippen LogP contribution in [-0.2, 0) is 5.41 Å². The number of rotatable bonds is 8. The van der Waals surface area contributed by atoms with Crippen molar-refractivity contribution in [3.8, 4) is 33.4 Å². The van der Waals surface area contributed by atoms with E-state index in [2.05, 4.69) is 221 Å². The summed E-state index contributed by atoms with van der Waals surface area (Å²) in [5.41, 5.74) is 16.0.